The van der Waals surface area contributed by atoms with Crippen molar-refractivity contribution < 1.29 is 9.13 Å². The molecule has 1 N–H and O–H groups in total. The second-order valence-corrected chi connectivity index (χ2v) is 4.92. The van der Waals surface area contributed by atoms with Gasteiger partial charge in [0.15, 0.2) is 11.6 Å². The molecule has 1 fully saturated rings. The van der Waals surface area contributed by atoms with Crippen LogP contribution >= 0.6 is 0 Å². The number of benzene rings is 1. The molecule has 1 aliphatic heterocycles. The first-order chi connectivity index (χ1) is 8.61. The van der Waals surface area contributed by atoms with E-state index in [0.29, 0.717) is 11.8 Å². The quantitative estimate of drug-likeness (QED) is 0.892. The van der Waals surface area contributed by atoms with Crippen LogP contribution in [0.4, 0.5) is 4.39 Å². The first-order valence-corrected chi connectivity index (χ1v) is 6.42. The molecule has 2 atom stereocenters. The van der Waals surface area contributed by atoms with E-state index in [1.807, 2.05) is 6.07 Å². The highest BCUT2D eigenvalue weighted by atomic mass is 19.1. The van der Waals surface area contributed by atoms with E-state index in [1.54, 1.807) is 12.1 Å². The van der Waals surface area contributed by atoms with Gasteiger partial charge in [-0.25, -0.2) is 4.39 Å². The first-order valence-electron chi connectivity index (χ1n) is 6.42. The normalized spacial score (nSPS) is 22.8. The third-order valence-electron chi connectivity index (χ3n) is 3.61. The van der Waals surface area contributed by atoms with Crippen LogP contribution in [0.15, 0.2) is 18.2 Å². The van der Waals surface area contributed by atoms with Crippen molar-refractivity contribution in [3.05, 3.63) is 29.6 Å². The lowest BCUT2D eigenvalue weighted by Crippen LogP contribution is -2.49. The number of nitrogens with zero attached hydrogens (tertiary/aromatic N) is 1. The maximum Gasteiger partial charge on any atom is 0.165 e. The lowest BCUT2D eigenvalue weighted by Gasteiger charge is -2.36. The topological polar surface area (TPSA) is 24.5 Å². The largest absolute Gasteiger partial charge is 0.494 e. The van der Waals surface area contributed by atoms with E-state index in [4.69, 9.17) is 4.74 Å². The minimum absolute atomic E-state index is 0.231. The highest BCUT2D eigenvalue weighted by Gasteiger charge is 2.22. The summed E-state index contributed by atoms with van der Waals surface area (Å²) in [6.45, 7) is 7.28. The van der Waals surface area contributed by atoms with Crippen LogP contribution < -0.4 is 10.1 Å². The fourth-order valence-corrected chi connectivity index (χ4v) is 2.47. The Morgan fingerprint density at radius 3 is 2.89 bits per heavy atom. The first kappa shape index (κ1) is 13.3. The smallest absolute Gasteiger partial charge is 0.165 e. The van der Waals surface area contributed by atoms with Crippen molar-refractivity contribution in [1.82, 2.24) is 10.2 Å². The van der Waals surface area contributed by atoms with Crippen LogP contribution in [0.1, 0.15) is 25.5 Å². The maximum atomic E-state index is 13.7. The van der Waals surface area contributed by atoms with Crippen LogP contribution in [0.5, 0.6) is 5.75 Å². The summed E-state index contributed by atoms with van der Waals surface area (Å²) in [5, 5.41) is 3.41. The van der Waals surface area contributed by atoms with Crippen LogP contribution in [0.25, 0.3) is 0 Å². The molecule has 0 aliphatic carbocycles. The fraction of sp³-hybridized carbons (Fsp3) is 0.571. The molecule has 0 spiro atoms. The molecule has 1 heterocycles. The highest BCUT2D eigenvalue weighted by Crippen LogP contribution is 2.25. The Hall–Kier alpha value is -1.13. The van der Waals surface area contributed by atoms with E-state index in [1.165, 1.54) is 7.11 Å². The van der Waals surface area contributed by atoms with E-state index in [9.17, 15) is 4.39 Å². The van der Waals surface area contributed by atoms with Crippen LogP contribution in [-0.2, 0) is 0 Å². The Balaban J connectivity index is 2.12. The minimum Gasteiger partial charge on any atom is -0.494 e. The molecule has 2 rings (SSSR count). The van der Waals surface area contributed by atoms with Gasteiger partial charge in [-0.3, -0.25) is 4.90 Å². The summed E-state index contributed by atoms with van der Waals surface area (Å²) in [6, 6.07) is 5.95. The van der Waals surface area contributed by atoms with Crippen molar-refractivity contribution in [2.24, 2.45) is 0 Å². The third kappa shape index (κ3) is 2.82. The Morgan fingerprint density at radius 1 is 1.50 bits per heavy atom. The van der Waals surface area contributed by atoms with Gasteiger partial charge in [-0.2, -0.15) is 0 Å². The van der Waals surface area contributed by atoms with Crippen molar-refractivity contribution >= 4 is 0 Å². The van der Waals surface area contributed by atoms with Gasteiger partial charge >= 0.3 is 0 Å². The summed E-state index contributed by atoms with van der Waals surface area (Å²) >= 11 is 0. The molecule has 0 amide bonds. The summed E-state index contributed by atoms with van der Waals surface area (Å²) < 4.78 is 18.6. The second kappa shape index (κ2) is 5.67. The molecule has 0 radical (unpaired) electrons. The van der Waals surface area contributed by atoms with Gasteiger partial charge in [-0.05, 0) is 31.5 Å². The van der Waals surface area contributed by atoms with Gasteiger partial charge in [0.1, 0.15) is 0 Å². The second-order valence-electron chi connectivity index (χ2n) is 4.92. The molecule has 0 aromatic heterocycles. The number of halogens is 1. The summed E-state index contributed by atoms with van der Waals surface area (Å²) in [7, 11) is 1.49. The molecule has 1 aliphatic rings. The van der Waals surface area contributed by atoms with Crippen molar-refractivity contribution in [1.29, 1.82) is 0 Å². The number of methoxy groups -OCH3 is 1. The molecular weight excluding hydrogens is 231 g/mol. The number of ether oxygens (including phenoxy) is 1. The van der Waals surface area contributed by atoms with Crippen LogP contribution in [0.2, 0.25) is 0 Å². The average molecular weight is 252 g/mol. The van der Waals surface area contributed by atoms with E-state index in [0.717, 1.165) is 25.2 Å². The van der Waals surface area contributed by atoms with Gasteiger partial charge in [0.05, 0.1) is 7.11 Å². The average Bonchev–Trinajstić information content (AvgIpc) is 2.37. The number of rotatable bonds is 3. The Labute approximate surface area is 108 Å². The van der Waals surface area contributed by atoms with Crippen molar-refractivity contribution in [2.75, 3.05) is 26.7 Å². The summed E-state index contributed by atoms with van der Waals surface area (Å²) in [5.74, 6) is 0.0182. The Bertz CT molecular complexity index is 411. The SMILES string of the molecule is COc1ccc(C(C)N2CCNC(C)C2)cc1F. The highest BCUT2D eigenvalue weighted by molar-refractivity contribution is 5.30. The minimum atomic E-state index is -0.287. The van der Waals surface area contributed by atoms with Crippen LogP contribution in [0, 0.1) is 5.82 Å². The molecule has 4 heteroatoms. The number of piperazine rings is 1. The summed E-state index contributed by atoms with van der Waals surface area (Å²) in [4.78, 5) is 2.38. The zero-order valence-electron chi connectivity index (χ0n) is 11.2. The zero-order valence-corrected chi connectivity index (χ0v) is 11.2. The number of hydrogen-bond acceptors (Lipinski definition) is 3. The van der Waals surface area contributed by atoms with Gasteiger partial charge in [-0.1, -0.05) is 6.07 Å². The van der Waals surface area contributed by atoms with Crippen LogP contribution in [0.3, 0.4) is 0 Å². The van der Waals surface area contributed by atoms with E-state index < -0.39 is 0 Å². The standard InChI is InChI=1S/C14H21FN2O/c1-10-9-17(7-6-16-10)11(2)12-4-5-14(18-3)13(15)8-12/h4-5,8,10-11,16H,6-7,9H2,1-3H3. The van der Waals surface area contributed by atoms with E-state index >= 15 is 0 Å². The van der Waals surface area contributed by atoms with Crippen molar-refractivity contribution in [3.8, 4) is 5.75 Å². The predicted molar refractivity (Wildman–Crippen MR) is 70.4 cm³/mol. The van der Waals surface area contributed by atoms with E-state index in [-0.39, 0.29) is 11.9 Å². The van der Waals surface area contributed by atoms with Crippen molar-refractivity contribution in [2.45, 2.75) is 25.9 Å². The van der Waals surface area contributed by atoms with Gasteiger partial charge in [-0.15, -0.1) is 0 Å². The van der Waals surface area contributed by atoms with Crippen molar-refractivity contribution in [3.63, 3.8) is 0 Å². The molecule has 100 valence electrons. The fourth-order valence-electron chi connectivity index (χ4n) is 2.47. The number of nitrogens with one attached hydrogen (secondary N) is 1. The molecule has 1 aromatic carbocycles. The van der Waals surface area contributed by atoms with Gasteiger partial charge in [0.25, 0.3) is 0 Å². The lowest BCUT2D eigenvalue weighted by atomic mass is 10.0. The third-order valence-corrected chi connectivity index (χ3v) is 3.61. The Morgan fingerprint density at radius 2 is 2.28 bits per heavy atom. The zero-order chi connectivity index (χ0) is 13.1. The summed E-state index contributed by atoms with van der Waals surface area (Å²) in [6.07, 6.45) is 0. The monoisotopic (exact) mass is 252 g/mol. The molecule has 1 saturated heterocycles. The van der Waals surface area contributed by atoms with Gasteiger partial charge < -0.3 is 10.1 Å². The molecule has 3 nitrogen and oxygen atoms in total. The predicted octanol–water partition coefficient (Wildman–Crippen LogP) is 2.19. The molecule has 2 unspecified atom stereocenters. The Kier molecular flexibility index (Phi) is 4.19. The molecular formula is C14H21FN2O. The molecule has 18 heavy (non-hydrogen) atoms. The lowest BCUT2D eigenvalue weighted by molar-refractivity contribution is 0.158. The summed E-state index contributed by atoms with van der Waals surface area (Å²) in [5.41, 5.74) is 1.00. The maximum absolute atomic E-state index is 13.7. The van der Waals surface area contributed by atoms with Crippen LogP contribution in [-0.4, -0.2) is 37.7 Å². The van der Waals surface area contributed by atoms with Gasteiger partial charge in [0.2, 0.25) is 0 Å². The molecule has 0 saturated carbocycles. The molecule has 0 bridgehead atoms. The van der Waals surface area contributed by atoms with E-state index in [2.05, 4.69) is 24.1 Å². The van der Waals surface area contributed by atoms with Gasteiger partial charge in [0, 0.05) is 31.7 Å². The number of hydrogen-bond donors (Lipinski definition) is 1. The molecule has 1 aromatic rings.